The second-order valence-electron chi connectivity index (χ2n) is 4.38. The summed E-state index contributed by atoms with van der Waals surface area (Å²) in [6.45, 7) is 3.13. The number of carbonyl (C=O) groups is 4. The summed E-state index contributed by atoms with van der Waals surface area (Å²) in [7, 11) is 0. The predicted octanol–water partition coefficient (Wildman–Crippen LogP) is -0.333. The van der Waals surface area contributed by atoms with E-state index < -0.39 is 23.8 Å². The molecule has 1 heterocycles. The van der Waals surface area contributed by atoms with Gasteiger partial charge in [0.15, 0.2) is 0 Å². The maximum atomic E-state index is 11.9. The molecule has 0 spiro atoms. The van der Waals surface area contributed by atoms with Crippen molar-refractivity contribution >= 4 is 23.8 Å². The second-order valence-corrected chi connectivity index (χ2v) is 4.38. The Balaban J connectivity index is 2.62. The molecule has 0 aromatic carbocycles. The first-order chi connectivity index (χ1) is 11.5. The molecule has 130 valence electrons. The molecule has 0 aliphatic carbocycles. The molecule has 0 atom stereocenters. The second kappa shape index (κ2) is 9.93. The Hall–Kier alpha value is -2.97. The molecule has 2 amide bonds. The molecule has 0 aliphatic rings. The van der Waals surface area contributed by atoms with Crippen molar-refractivity contribution in [1.29, 1.82) is 0 Å². The smallest absolute Gasteiger partial charge is 0.325 e. The van der Waals surface area contributed by atoms with Gasteiger partial charge in [0.2, 0.25) is 0 Å². The van der Waals surface area contributed by atoms with Crippen LogP contribution in [0.25, 0.3) is 0 Å². The van der Waals surface area contributed by atoms with E-state index in [-0.39, 0.29) is 37.7 Å². The zero-order chi connectivity index (χ0) is 17.9. The highest BCUT2D eigenvalue weighted by Gasteiger charge is 2.14. The van der Waals surface area contributed by atoms with Crippen molar-refractivity contribution in [2.75, 3.05) is 26.3 Å². The third kappa shape index (κ3) is 6.42. The number of ether oxygens (including phenoxy) is 2. The fourth-order valence-electron chi connectivity index (χ4n) is 1.60. The van der Waals surface area contributed by atoms with Gasteiger partial charge in [-0.15, -0.1) is 0 Å². The van der Waals surface area contributed by atoms with Crippen molar-refractivity contribution in [3.8, 4) is 0 Å². The van der Waals surface area contributed by atoms with Gasteiger partial charge in [0.25, 0.3) is 11.8 Å². The lowest BCUT2D eigenvalue weighted by molar-refractivity contribution is -0.142. The van der Waals surface area contributed by atoms with Crippen molar-refractivity contribution in [2.24, 2.45) is 0 Å². The van der Waals surface area contributed by atoms with Crippen molar-refractivity contribution in [1.82, 2.24) is 15.6 Å². The van der Waals surface area contributed by atoms with Gasteiger partial charge in [-0.1, -0.05) is 6.07 Å². The Kier molecular flexibility index (Phi) is 7.89. The highest BCUT2D eigenvalue weighted by molar-refractivity contribution is 5.97. The molecule has 0 unspecified atom stereocenters. The van der Waals surface area contributed by atoms with E-state index in [9.17, 15) is 19.2 Å². The fraction of sp³-hybridized carbons (Fsp3) is 0.400. The molecule has 0 saturated heterocycles. The van der Waals surface area contributed by atoms with E-state index in [2.05, 4.69) is 25.1 Å². The van der Waals surface area contributed by atoms with Gasteiger partial charge in [-0.05, 0) is 26.0 Å². The van der Waals surface area contributed by atoms with Crippen LogP contribution in [-0.4, -0.2) is 55.0 Å². The molecule has 0 fully saturated rings. The molecular weight excluding hydrogens is 318 g/mol. The monoisotopic (exact) mass is 337 g/mol. The highest BCUT2D eigenvalue weighted by Crippen LogP contribution is 2.00. The Labute approximate surface area is 138 Å². The number of aromatic nitrogens is 1. The zero-order valence-electron chi connectivity index (χ0n) is 13.5. The van der Waals surface area contributed by atoms with Crippen molar-refractivity contribution in [2.45, 2.75) is 13.8 Å². The number of pyridine rings is 1. The minimum atomic E-state index is -0.622. The van der Waals surface area contributed by atoms with Gasteiger partial charge >= 0.3 is 11.9 Å². The minimum absolute atomic E-state index is 0.0388. The number of esters is 2. The summed E-state index contributed by atoms with van der Waals surface area (Å²) >= 11 is 0. The van der Waals surface area contributed by atoms with E-state index in [4.69, 9.17) is 0 Å². The topological polar surface area (TPSA) is 124 Å². The average Bonchev–Trinajstić information content (AvgIpc) is 2.58. The van der Waals surface area contributed by atoms with Crippen LogP contribution in [0.15, 0.2) is 18.2 Å². The first-order valence-corrected chi connectivity index (χ1v) is 7.32. The molecule has 0 bridgehead atoms. The number of hydrogen-bond donors (Lipinski definition) is 2. The van der Waals surface area contributed by atoms with Crippen LogP contribution in [0.3, 0.4) is 0 Å². The van der Waals surface area contributed by atoms with E-state index in [1.165, 1.54) is 18.2 Å². The number of nitrogens with zero attached hydrogens (tertiary/aromatic N) is 1. The molecule has 9 nitrogen and oxygen atoms in total. The maximum absolute atomic E-state index is 11.9. The molecule has 1 rings (SSSR count). The molecular formula is C15H19N3O6. The summed E-state index contributed by atoms with van der Waals surface area (Å²) < 4.78 is 9.36. The van der Waals surface area contributed by atoms with Crippen LogP contribution in [0.4, 0.5) is 0 Å². The Morgan fingerprint density at radius 2 is 1.29 bits per heavy atom. The summed E-state index contributed by atoms with van der Waals surface area (Å²) in [6.07, 6.45) is 0. The van der Waals surface area contributed by atoms with Crippen molar-refractivity contribution < 1.29 is 28.7 Å². The molecule has 0 radical (unpaired) electrons. The van der Waals surface area contributed by atoms with E-state index in [0.717, 1.165) is 0 Å². The number of nitrogens with one attached hydrogen (secondary N) is 2. The molecule has 1 aromatic rings. The Morgan fingerprint density at radius 1 is 0.875 bits per heavy atom. The molecule has 0 aliphatic heterocycles. The van der Waals surface area contributed by atoms with Crippen LogP contribution < -0.4 is 10.6 Å². The molecule has 2 N–H and O–H groups in total. The lowest BCUT2D eigenvalue weighted by atomic mass is 10.2. The first-order valence-electron chi connectivity index (χ1n) is 7.32. The Morgan fingerprint density at radius 3 is 1.67 bits per heavy atom. The van der Waals surface area contributed by atoms with Crippen molar-refractivity contribution in [3.63, 3.8) is 0 Å². The van der Waals surface area contributed by atoms with Crippen LogP contribution >= 0.6 is 0 Å². The predicted molar refractivity (Wildman–Crippen MR) is 82.2 cm³/mol. The van der Waals surface area contributed by atoms with Crippen LogP contribution in [0.1, 0.15) is 34.8 Å². The van der Waals surface area contributed by atoms with Gasteiger partial charge in [-0.25, -0.2) is 4.98 Å². The number of hydrogen-bond acceptors (Lipinski definition) is 7. The van der Waals surface area contributed by atoms with Crippen LogP contribution in [0, 0.1) is 0 Å². The number of amides is 2. The first kappa shape index (κ1) is 19.1. The minimum Gasteiger partial charge on any atom is -0.465 e. The van der Waals surface area contributed by atoms with E-state index in [1.54, 1.807) is 13.8 Å². The normalized spacial score (nSPS) is 9.75. The third-order valence-corrected chi connectivity index (χ3v) is 2.61. The third-order valence-electron chi connectivity index (χ3n) is 2.61. The zero-order valence-corrected chi connectivity index (χ0v) is 13.5. The summed E-state index contributed by atoms with van der Waals surface area (Å²) in [5, 5.41) is 4.67. The van der Waals surface area contributed by atoms with Gasteiger partial charge < -0.3 is 20.1 Å². The lowest BCUT2D eigenvalue weighted by Crippen LogP contribution is -2.33. The maximum Gasteiger partial charge on any atom is 0.325 e. The fourth-order valence-corrected chi connectivity index (χ4v) is 1.60. The van der Waals surface area contributed by atoms with Gasteiger partial charge in [-0.2, -0.15) is 0 Å². The van der Waals surface area contributed by atoms with Gasteiger partial charge in [0.1, 0.15) is 24.5 Å². The average molecular weight is 337 g/mol. The van der Waals surface area contributed by atoms with Gasteiger partial charge in [-0.3, -0.25) is 19.2 Å². The number of carbonyl (C=O) groups excluding carboxylic acids is 4. The molecule has 24 heavy (non-hydrogen) atoms. The standard InChI is InChI=1S/C15H19N3O6/c1-3-23-12(19)8-16-14(21)10-6-5-7-11(18-10)15(22)17-9-13(20)24-4-2/h5-7H,3-4,8-9H2,1-2H3,(H,16,21)(H,17,22). The quantitative estimate of drug-likeness (QED) is 0.622. The summed E-state index contributed by atoms with van der Waals surface area (Å²) in [6, 6.07) is 4.25. The van der Waals surface area contributed by atoms with Crippen LogP contribution in [0.5, 0.6) is 0 Å². The van der Waals surface area contributed by atoms with Crippen LogP contribution in [-0.2, 0) is 19.1 Å². The van der Waals surface area contributed by atoms with Crippen molar-refractivity contribution in [3.05, 3.63) is 29.6 Å². The van der Waals surface area contributed by atoms with E-state index >= 15 is 0 Å². The van der Waals surface area contributed by atoms with E-state index in [0.29, 0.717) is 0 Å². The van der Waals surface area contributed by atoms with Gasteiger partial charge in [0.05, 0.1) is 13.2 Å². The largest absolute Gasteiger partial charge is 0.465 e. The Bertz CT molecular complexity index is 568. The summed E-state index contributed by atoms with van der Waals surface area (Å²) in [5.41, 5.74) is -0.0776. The SMILES string of the molecule is CCOC(=O)CNC(=O)c1cccc(C(=O)NCC(=O)OCC)n1. The van der Waals surface area contributed by atoms with Crippen LogP contribution in [0.2, 0.25) is 0 Å². The summed E-state index contributed by atoms with van der Waals surface area (Å²) in [4.78, 5) is 50.1. The molecule has 0 saturated carbocycles. The summed E-state index contributed by atoms with van der Waals surface area (Å²) in [5.74, 6) is -2.39. The molecule has 9 heteroatoms. The van der Waals surface area contributed by atoms with E-state index in [1.807, 2.05) is 0 Å². The lowest BCUT2D eigenvalue weighted by Gasteiger charge is -2.07. The highest BCUT2D eigenvalue weighted by atomic mass is 16.5. The van der Waals surface area contributed by atoms with Gasteiger partial charge in [0, 0.05) is 0 Å². The number of rotatable bonds is 8. The molecule has 1 aromatic heterocycles.